The van der Waals surface area contributed by atoms with Crippen LogP contribution in [0, 0.1) is 18.3 Å². The Hall–Kier alpha value is -0.860. The third-order valence-electron chi connectivity index (χ3n) is 5.06. The number of nitrogens with zero attached hydrogens (tertiary/aromatic N) is 1. The van der Waals surface area contributed by atoms with Crippen molar-refractivity contribution in [1.29, 1.82) is 0 Å². The lowest BCUT2D eigenvalue weighted by molar-refractivity contribution is 0.257. The molecule has 2 nitrogen and oxygen atoms in total. The first-order valence-corrected chi connectivity index (χ1v) is 7.63. The Bertz CT molecular complexity index is 417. The Labute approximate surface area is 117 Å². The summed E-state index contributed by atoms with van der Waals surface area (Å²) in [5.41, 5.74) is 3.50. The van der Waals surface area contributed by atoms with Crippen molar-refractivity contribution in [2.75, 3.05) is 26.7 Å². The maximum absolute atomic E-state index is 3.49. The second-order valence-corrected chi connectivity index (χ2v) is 6.70. The number of nitrogens with one attached hydrogen (secondary N) is 1. The molecule has 1 aliphatic carbocycles. The Balaban J connectivity index is 1.49. The van der Waals surface area contributed by atoms with Crippen LogP contribution in [-0.2, 0) is 6.54 Å². The zero-order chi connectivity index (χ0) is 13.3. The minimum absolute atomic E-state index is 0.715. The van der Waals surface area contributed by atoms with Crippen LogP contribution in [0.15, 0.2) is 24.3 Å². The number of hydrogen-bond acceptors (Lipinski definition) is 2. The van der Waals surface area contributed by atoms with Crippen LogP contribution in [0.3, 0.4) is 0 Å². The van der Waals surface area contributed by atoms with Crippen molar-refractivity contribution in [2.24, 2.45) is 11.3 Å². The molecule has 1 saturated heterocycles. The molecule has 1 saturated carbocycles. The highest BCUT2D eigenvalue weighted by Gasteiger charge is 2.53. The van der Waals surface area contributed by atoms with Crippen molar-refractivity contribution in [3.63, 3.8) is 0 Å². The Morgan fingerprint density at radius 3 is 2.58 bits per heavy atom. The fourth-order valence-corrected chi connectivity index (χ4v) is 3.67. The molecule has 1 spiro atoms. The van der Waals surface area contributed by atoms with Gasteiger partial charge in [-0.2, -0.15) is 0 Å². The first kappa shape index (κ1) is 13.1. The molecule has 2 fully saturated rings. The molecule has 1 atom stereocenters. The zero-order valence-electron chi connectivity index (χ0n) is 12.3. The largest absolute Gasteiger partial charge is 0.317 e. The summed E-state index contributed by atoms with van der Waals surface area (Å²) >= 11 is 0. The molecule has 1 unspecified atom stereocenters. The van der Waals surface area contributed by atoms with E-state index in [0.717, 1.165) is 12.5 Å². The summed E-state index contributed by atoms with van der Waals surface area (Å²) in [6.07, 6.45) is 4.26. The van der Waals surface area contributed by atoms with E-state index < -0.39 is 0 Å². The summed E-state index contributed by atoms with van der Waals surface area (Å²) in [6.45, 7) is 6.98. The van der Waals surface area contributed by atoms with E-state index in [1.165, 1.54) is 50.0 Å². The summed E-state index contributed by atoms with van der Waals surface area (Å²) in [5.74, 6) is 0.949. The average Bonchev–Trinajstić information content (AvgIpc) is 3.04. The fourth-order valence-electron chi connectivity index (χ4n) is 3.67. The van der Waals surface area contributed by atoms with Crippen LogP contribution in [0.25, 0.3) is 0 Å². The van der Waals surface area contributed by atoms with E-state index >= 15 is 0 Å². The number of rotatable bonds is 4. The number of piperidine rings is 1. The van der Waals surface area contributed by atoms with Gasteiger partial charge in [-0.25, -0.2) is 0 Å². The lowest BCUT2D eigenvalue weighted by Gasteiger charge is -2.25. The normalized spacial score (nSPS) is 24.9. The molecule has 2 aliphatic rings. The van der Waals surface area contributed by atoms with Gasteiger partial charge in [-0.15, -0.1) is 0 Å². The average molecular weight is 258 g/mol. The van der Waals surface area contributed by atoms with Gasteiger partial charge in [-0.3, -0.25) is 0 Å². The molecule has 0 aromatic heterocycles. The van der Waals surface area contributed by atoms with Gasteiger partial charge < -0.3 is 10.2 Å². The maximum Gasteiger partial charge on any atom is 0.0230 e. The van der Waals surface area contributed by atoms with Gasteiger partial charge in [0.05, 0.1) is 0 Å². The SMILES string of the molecule is Cc1ccc(CN(C)CC2CC23CCNCC3)cc1. The van der Waals surface area contributed by atoms with Gasteiger partial charge in [0.25, 0.3) is 0 Å². The van der Waals surface area contributed by atoms with E-state index in [1.807, 2.05) is 0 Å². The molecule has 104 valence electrons. The van der Waals surface area contributed by atoms with Crippen molar-refractivity contribution in [2.45, 2.75) is 32.7 Å². The van der Waals surface area contributed by atoms with Crippen molar-refractivity contribution < 1.29 is 0 Å². The number of aryl methyl sites for hydroxylation is 1. The first-order valence-electron chi connectivity index (χ1n) is 7.63. The zero-order valence-corrected chi connectivity index (χ0v) is 12.3. The second-order valence-electron chi connectivity index (χ2n) is 6.70. The Morgan fingerprint density at radius 2 is 1.89 bits per heavy atom. The van der Waals surface area contributed by atoms with Crippen LogP contribution in [0.5, 0.6) is 0 Å². The predicted molar refractivity (Wildman–Crippen MR) is 80.2 cm³/mol. The monoisotopic (exact) mass is 258 g/mol. The van der Waals surface area contributed by atoms with Gasteiger partial charge in [-0.1, -0.05) is 29.8 Å². The molecule has 1 aromatic rings. The molecular formula is C17H26N2. The van der Waals surface area contributed by atoms with E-state index in [-0.39, 0.29) is 0 Å². The minimum atomic E-state index is 0.715. The molecule has 1 N–H and O–H groups in total. The molecule has 0 bridgehead atoms. The molecule has 3 rings (SSSR count). The van der Waals surface area contributed by atoms with Crippen LogP contribution < -0.4 is 5.32 Å². The van der Waals surface area contributed by atoms with Crippen LogP contribution in [0.4, 0.5) is 0 Å². The summed E-state index contributed by atoms with van der Waals surface area (Å²) in [5, 5.41) is 3.49. The first-order chi connectivity index (χ1) is 9.18. The van der Waals surface area contributed by atoms with Crippen LogP contribution >= 0.6 is 0 Å². The third kappa shape index (κ3) is 3.01. The summed E-state index contributed by atoms with van der Waals surface area (Å²) in [4.78, 5) is 2.51. The van der Waals surface area contributed by atoms with Gasteiger partial charge in [-0.05, 0) is 63.2 Å². The van der Waals surface area contributed by atoms with Gasteiger partial charge >= 0.3 is 0 Å². The van der Waals surface area contributed by atoms with Crippen molar-refractivity contribution >= 4 is 0 Å². The molecule has 2 heteroatoms. The van der Waals surface area contributed by atoms with Gasteiger partial charge in [0.15, 0.2) is 0 Å². The van der Waals surface area contributed by atoms with E-state index in [0.29, 0.717) is 5.41 Å². The summed E-state index contributed by atoms with van der Waals surface area (Å²) in [6, 6.07) is 8.96. The molecular weight excluding hydrogens is 232 g/mol. The standard InChI is InChI=1S/C17H26N2/c1-14-3-5-15(6-4-14)12-19(2)13-16-11-17(16)7-9-18-10-8-17/h3-6,16,18H,7-13H2,1-2H3. The summed E-state index contributed by atoms with van der Waals surface area (Å²) < 4.78 is 0. The van der Waals surface area contributed by atoms with Gasteiger partial charge in [0, 0.05) is 13.1 Å². The Morgan fingerprint density at radius 1 is 1.21 bits per heavy atom. The lowest BCUT2D eigenvalue weighted by Crippen LogP contribution is -2.31. The highest BCUT2D eigenvalue weighted by molar-refractivity contribution is 5.21. The van der Waals surface area contributed by atoms with Crippen molar-refractivity contribution in [1.82, 2.24) is 10.2 Å². The fraction of sp³-hybridized carbons (Fsp3) is 0.647. The molecule has 1 heterocycles. The maximum atomic E-state index is 3.49. The third-order valence-corrected chi connectivity index (χ3v) is 5.06. The van der Waals surface area contributed by atoms with E-state index in [4.69, 9.17) is 0 Å². The van der Waals surface area contributed by atoms with Crippen molar-refractivity contribution in [3.8, 4) is 0 Å². The molecule has 1 aliphatic heterocycles. The smallest absolute Gasteiger partial charge is 0.0230 e. The van der Waals surface area contributed by atoms with Crippen LogP contribution in [-0.4, -0.2) is 31.6 Å². The number of hydrogen-bond donors (Lipinski definition) is 1. The molecule has 0 radical (unpaired) electrons. The molecule has 1 aromatic carbocycles. The molecule has 0 amide bonds. The molecule has 19 heavy (non-hydrogen) atoms. The lowest BCUT2D eigenvalue weighted by atomic mass is 9.92. The van der Waals surface area contributed by atoms with Crippen LogP contribution in [0.1, 0.15) is 30.4 Å². The van der Waals surface area contributed by atoms with Gasteiger partial charge in [0.1, 0.15) is 0 Å². The van der Waals surface area contributed by atoms with E-state index in [2.05, 4.69) is 48.5 Å². The second kappa shape index (κ2) is 5.26. The summed E-state index contributed by atoms with van der Waals surface area (Å²) in [7, 11) is 2.27. The van der Waals surface area contributed by atoms with Crippen LogP contribution in [0.2, 0.25) is 0 Å². The Kier molecular flexibility index (Phi) is 3.64. The predicted octanol–water partition coefficient (Wildman–Crippen LogP) is 2.82. The minimum Gasteiger partial charge on any atom is -0.317 e. The van der Waals surface area contributed by atoms with Gasteiger partial charge in [0.2, 0.25) is 0 Å². The van der Waals surface area contributed by atoms with E-state index in [1.54, 1.807) is 0 Å². The quantitative estimate of drug-likeness (QED) is 0.893. The van der Waals surface area contributed by atoms with E-state index in [9.17, 15) is 0 Å². The highest BCUT2D eigenvalue weighted by Crippen LogP contribution is 2.58. The van der Waals surface area contributed by atoms with Crippen molar-refractivity contribution in [3.05, 3.63) is 35.4 Å². The number of benzene rings is 1. The highest BCUT2D eigenvalue weighted by atomic mass is 15.1. The topological polar surface area (TPSA) is 15.3 Å².